The molecule has 0 unspecified atom stereocenters. The Morgan fingerprint density at radius 1 is 1.44 bits per heavy atom. The van der Waals surface area contributed by atoms with Gasteiger partial charge in [0.2, 0.25) is 0 Å². The van der Waals surface area contributed by atoms with Gasteiger partial charge < -0.3 is 4.74 Å². The molecule has 0 bridgehead atoms. The van der Waals surface area contributed by atoms with Crippen LogP contribution in [0.3, 0.4) is 0 Å². The molecule has 1 rings (SSSR count). The largest absolute Gasteiger partial charge is 0.469 e. The summed E-state index contributed by atoms with van der Waals surface area (Å²) in [6, 6.07) is 3.38. The molecule has 0 saturated carbocycles. The number of carbonyl (C=O) groups is 1. The number of aryl methyl sites for hydroxylation is 2. The molecule has 0 atom stereocenters. The molecule has 0 aliphatic heterocycles. The minimum absolute atomic E-state index is 0.0496. The highest BCUT2D eigenvalue weighted by atomic mass is 16.6. The average molecular weight is 249 g/mol. The van der Waals surface area contributed by atoms with Crippen LogP contribution < -0.4 is 0 Å². The Morgan fingerprint density at radius 3 is 2.67 bits per heavy atom. The summed E-state index contributed by atoms with van der Waals surface area (Å²) in [5, 5.41) is 11.0. The van der Waals surface area contributed by atoms with Crippen molar-refractivity contribution in [1.82, 2.24) is 0 Å². The van der Waals surface area contributed by atoms with Crippen molar-refractivity contribution < 1.29 is 14.5 Å². The predicted octanol–water partition coefficient (Wildman–Crippen LogP) is 2.79. The van der Waals surface area contributed by atoms with Gasteiger partial charge in [-0.15, -0.1) is 0 Å². The predicted molar refractivity (Wildman–Crippen MR) is 68.2 cm³/mol. The van der Waals surface area contributed by atoms with Crippen molar-refractivity contribution in [3.8, 4) is 0 Å². The first-order valence-corrected chi connectivity index (χ1v) is 5.44. The van der Waals surface area contributed by atoms with Gasteiger partial charge in [-0.05, 0) is 25.0 Å². The van der Waals surface area contributed by atoms with E-state index < -0.39 is 4.92 Å². The molecule has 5 heteroatoms. The molecule has 0 fully saturated rings. The number of ether oxygens (including phenoxy) is 1. The Bertz CT molecular complexity index is 506. The molecule has 0 amide bonds. The first-order chi connectivity index (χ1) is 8.45. The SMILES string of the molecule is COC(=O)CC=Cc1c(C)cc(C)cc1[N+](=O)[O-]. The summed E-state index contributed by atoms with van der Waals surface area (Å²) in [5.74, 6) is -0.376. The van der Waals surface area contributed by atoms with Gasteiger partial charge in [-0.2, -0.15) is 0 Å². The zero-order chi connectivity index (χ0) is 13.7. The fraction of sp³-hybridized carbons (Fsp3) is 0.308. The van der Waals surface area contributed by atoms with Crippen molar-refractivity contribution in [2.75, 3.05) is 7.11 Å². The number of nitro benzene ring substituents is 1. The number of esters is 1. The molecule has 0 aliphatic rings. The maximum absolute atomic E-state index is 11.0. The van der Waals surface area contributed by atoms with Crippen LogP contribution in [0.1, 0.15) is 23.1 Å². The van der Waals surface area contributed by atoms with Gasteiger partial charge in [0.05, 0.1) is 24.0 Å². The lowest BCUT2D eigenvalue weighted by Crippen LogP contribution is -1.98. The Labute approximate surface area is 105 Å². The lowest BCUT2D eigenvalue weighted by atomic mass is 10.0. The molecular weight excluding hydrogens is 234 g/mol. The van der Waals surface area contributed by atoms with Gasteiger partial charge in [0.25, 0.3) is 5.69 Å². The number of rotatable bonds is 4. The Kier molecular flexibility index (Phi) is 4.59. The van der Waals surface area contributed by atoms with Crippen LogP contribution in [0.25, 0.3) is 6.08 Å². The zero-order valence-electron chi connectivity index (χ0n) is 10.6. The average Bonchev–Trinajstić information content (AvgIpc) is 2.30. The summed E-state index contributed by atoms with van der Waals surface area (Å²) in [5.41, 5.74) is 2.22. The summed E-state index contributed by atoms with van der Waals surface area (Å²) in [6.07, 6.45) is 3.25. The Morgan fingerprint density at radius 2 is 2.11 bits per heavy atom. The van der Waals surface area contributed by atoms with Crippen LogP contribution in [-0.2, 0) is 9.53 Å². The van der Waals surface area contributed by atoms with Crippen LogP contribution >= 0.6 is 0 Å². The highest BCUT2D eigenvalue weighted by Crippen LogP contribution is 2.25. The van der Waals surface area contributed by atoms with E-state index in [0.29, 0.717) is 5.56 Å². The third-order valence-corrected chi connectivity index (χ3v) is 2.50. The number of benzene rings is 1. The monoisotopic (exact) mass is 249 g/mol. The number of nitrogens with zero attached hydrogens (tertiary/aromatic N) is 1. The molecule has 0 saturated heterocycles. The second kappa shape index (κ2) is 5.95. The molecule has 5 nitrogen and oxygen atoms in total. The van der Waals surface area contributed by atoms with Crippen molar-refractivity contribution in [2.24, 2.45) is 0 Å². The van der Waals surface area contributed by atoms with E-state index in [-0.39, 0.29) is 18.1 Å². The summed E-state index contributed by atoms with van der Waals surface area (Å²) < 4.78 is 4.49. The maximum atomic E-state index is 11.0. The molecule has 0 aromatic heterocycles. The third-order valence-electron chi connectivity index (χ3n) is 2.50. The zero-order valence-corrected chi connectivity index (χ0v) is 10.6. The maximum Gasteiger partial charge on any atom is 0.309 e. The van der Waals surface area contributed by atoms with Gasteiger partial charge in [0.15, 0.2) is 0 Å². The summed E-state index contributed by atoms with van der Waals surface area (Å²) in [7, 11) is 1.30. The topological polar surface area (TPSA) is 69.4 Å². The van der Waals surface area contributed by atoms with Crippen LogP contribution in [0.2, 0.25) is 0 Å². The second-order valence-electron chi connectivity index (χ2n) is 3.95. The van der Waals surface area contributed by atoms with E-state index in [2.05, 4.69) is 4.74 Å². The van der Waals surface area contributed by atoms with Gasteiger partial charge in [0, 0.05) is 6.07 Å². The van der Waals surface area contributed by atoms with Crippen LogP contribution in [0, 0.1) is 24.0 Å². The highest BCUT2D eigenvalue weighted by molar-refractivity contribution is 5.74. The first-order valence-electron chi connectivity index (χ1n) is 5.44. The van der Waals surface area contributed by atoms with E-state index in [4.69, 9.17) is 0 Å². The van der Waals surface area contributed by atoms with Crippen molar-refractivity contribution in [2.45, 2.75) is 20.3 Å². The van der Waals surface area contributed by atoms with Gasteiger partial charge in [-0.25, -0.2) is 0 Å². The molecule has 0 aliphatic carbocycles. The van der Waals surface area contributed by atoms with Gasteiger partial charge in [-0.3, -0.25) is 14.9 Å². The number of hydrogen-bond donors (Lipinski definition) is 0. The van der Waals surface area contributed by atoms with E-state index in [1.807, 2.05) is 13.0 Å². The molecule has 1 aromatic rings. The van der Waals surface area contributed by atoms with Crippen LogP contribution in [0.5, 0.6) is 0 Å². The number of carbonyl (C=O) groups excluding carboxylic acids is 1. The Balaban J connectivity index is 3.07. The van der Waals surface area contributed by atoms with Crippen molar-refractivity contribution in [3.63, 3.8) is 0 Å². The third kappa shape index (κ3) is 3.41. The van der Waals surface area contributed by atoms with Gasteiger partial charge in [-0.1, -0.05) is 18.2 Å². The fourth-order valence-electron chi connectivity index (χ4n) is 1.68. The number of methoxy groups -OCH3 is 1. The van der Waals surface area contributed by atoms with Gasteiger partial charge in [0.1, 0.15) is 0 Å². The molecule has 0 spiro atoms. The summed E-state index contributed by atoms with van der Waals surface area (Å²) in [6.45, 7) is 3.61. The standard InChI is InChI=1S/C13H15NO4/c1-9-7-10(2)11(12(8-9)14(16)17)5-4-6-13(15)18-3/h4-5,7-8H,6H2,1-3H3. The lowest BCUT2D eigenvalue weighted by molar-refractivity contribution is -0.385. The summed E-state index contributed by atoms with van der Waals surface area (Å²) in [4.78, 5) is 21.5. The minimum atomic E-state index is -0.419. The number of nitro groups is 1. The quantitative estimate of drug-likeness (QED) is 0.467. The van der Waals surface area contributed by atoms with Crippen molar-refractivity contribution >= 4 is 17.7 Å². The normalized spacial score (nSPS) is 10.6. The smallest absolute Gasteiger partial charge is 0.309 e. The number of hydrogen-bond acceptors (Lipinski definition) is 4. The lowest BCUT2D eigenvalue weighted by Gasteiger charge is -2.04. The van der Waals surface area contributed by atoms with E-state index in [0.717, 1.165) is 11.1 Å². The first kappa shape index (κ1) is 13.9. The molecule has 18 heavy (non-hydrogen) atoms. The van der Waals surface area contributed by atoms with Gasteiger partial charge >= 0.3 is 5.97 Å². The van der Waals surface area contributed by atoms with E-state index in [9.17, 15) is 14.9 Å². The van der Waals surface area contributed by atoms with Crippen LogP contribution in [0.4, 0.5) is 5.69 Å². The molecule has 0 radical (unpaired) electrons. The Hall–Kier alpha value is -2.17. The van der Waals surface area contributed by atoms with E-state index in [1.165, 1.54) is 13.2 Å². The molecule has 0 heterocycles. The molecule has 0 N–H and O–H groups in total. The molecular formula is C13H15NO4. The fourth-order valence-corrected chi connectivity index (χ4v) is 1.68. The minimum Gasteiger partial charge on any atom is -0.469 e. The molecule has 1 aromatic carbocycles. The second-order valence-corrected chi connectivity index (χ2v) is 3.95. The molecule has 96 valence electrons. The van der Waals surface area contributed by atoms with Crippen molar-refractivity contribution in [3.05, 3.63) is 45.0 Å². The van der Waals surface area contributed by atoms with Crippen LogP contribution in [-0.4, -0.2) is 18.0 Å². The van der Waals surface area contributed by atoms with E-state index >= 15 is 0 Å². The summed E-state index contributed by atoms with van der Waals surface area (Å²) >= 11 is 0. The van der Waals surface area contributed by atoms with Crippen molar-refractivity contribution in [1.29, 1.82) is 0 Å². The van der Waals surface area contributed by atoms with Crippen LogP contribution in [0.15, 0.2) is 18.2 Å². The highest BCUT2D eigenvalue weighted by Gasteiger charge is 2.14. The van der Waals surface area contributed by atoms with E-state index in [1.54, 1.807) is 19.1 Å².